The van der Waals surface area contributed by atoms with E-state index in [1.165, 1.54) is 25.7 Å². The van der Waals surface area contributed by atoms with Crippen molar-refractivity contribution in [3.63, 3.8) is 0 Å². The number of carbonyl (C=O) groups is 2. The normalized spacial score (nSPS) is 21.1. The van der Waals surface area contributed by atoms with E-state index in [0.29, 0.717) is 11.1 Å². The van der Waals surface area contributed by atoms with Crippen LogP contribution in [-0.4, -0.2) is 23.2 Å². The van der Waals surface area contributed by atoms with E-state index in [9.17, 15) is 9.59 Å². The van der Waals surface area contributed by atoms with E-state index < -0.39 is 0 Å². The Morgan fingerprint density at radius 3 is 1.38 bits per heavy atom. The summed E-state index contributed by atoms with van der Waals surface area (Å²) in [5.41, 5.74) is 8.47. The molecule has 2 aliphatic carbocycles. The van der Waals surface area contributed by atoms with E-state index >= 15 is 0 Å². The molecule has 0 unspecified atom stereocenters. The molecule has 2 fully saturated rings. The van der Waals surface area contributed by atoms with Gasteiger partial charge in [-0.1, -0.05) is 39.5 Å². The number of nitrogens with zero attached hydrogens (tertiary/aromatic N) is 2. The second-order valence-corrected chi connectivity index (χ2v) is 9.28. The summed E-state index contributed by atoms with van der Waals surface area (Å²) in [4.78, 5) is 24.8. The Labute approximate surface area is 192 Å². The van der Waals surface area contributed by atoms with Gasteiger partial charge in [0.15, 0.2) is 0 Å². The average Bonchev–Trinajstić information content (AvgIpc) is 2.83. The van der Waals surface area contributed by atoms with Crippen molar-refractivity contribution in [2.45, 2.75) is 90.9 Å². The predicted octanol–water partition coefficient (Wildman–Crippen LogP) is 5.84. The molecule has 6 heteroatoms. The van der Waals surface area contributed by atoms with Crippen LogP contribution in [0.25, 0.3) is 0 Å². The summed E-state index contributed by atoms with van der Waals surface area (Å²) in [6, 6.07) is 6.63. The number of rotatable bonds is 8. The van der Waals surface area contributed by atoms with Crippen LogP contribution in [-0.2, 0) is 0 Å². The molecule has 1 aromatic carbocycles. The fraction of sp³-hybridized carbons (Fsp3) is 0.615. The van der Waals surface area contributed by atoms with Crippen LogP contribution in [0, 0.1) is 11.8 Å². The summed E-state index contributed by atoms with van der Waals surface area (Å²) >= 11 is 0. The van der Waals surface area contributed by atoms with Crippen molar-refractivity contribution in [2.24, 2.45) is 22.0 Å². The number of hydrogen-bond acceptors (Lipinski definition) is 4. The second kappa shape index (κ2) is 12.5. The van der Waals surface area contributed by atoms with Crippen molar-refractivity contribution in [1.82, 2.24) is 10.9 Å². The molecule has 6 nitrogen and oxygen atoms in total. The molecule has 0 aliphatic heterocycles. The van der Waals surface area contributed by atoms with Crippen LogP contribution >= 0.6 is 0 Å². The number of nitrogens with one attached hydrogen (secondary N) is 2. The molecule has 0 bridgehead atoms. The van der Waals surface area contributed by atoms with E-state index in [4.69, 9.17) is 0 Å². The first-order valence-electron chi connectivity index (χ1n) is 12.4. The molecule has 174 valence electrons. The Hall–Kier alpha value is -2.50. The summed E-state index contributed by atoms with van der Waals surface area (Å²) in [6.07, 6.45) is 13.5. The number of hydrazone groups is 2. The standard InChI is InChI=1S/C26H38N4O2/c1-3-5-19-7-15-23(16-8-19)27-29-25(31)21-11-13-22(14-12-21)26(32)30-28-24-17-9-20(6-4-2)10-18-24/h11-14,19-20H,3-10,15-18H2,1-2H3,(H,29,31)(H,30,32). The summed E-state index contributed by atoms with van der Waals surface area (Å²) < 4.78 is 0. The molecule has 2 amide bonds. The average molecular weight is 439 g/mol. The Morgan fingerprint density at radius 2 is 1.06 bits per heavy atom. The van der Waals surface area contributed by atoms with Crippen LogP contribution in [0.2, 0.25) is 0 Å². The highest BCUT2D eigenvalue weighted by Gasteiger charge is 2.18. The lowest BCUT2D eigenvalue weighted by atomic mass is 9.85. The molecular weight excluding hydrogens is 400 g/mol. The van der Waals surface area contributed by atoms with Gasteiger partial charge in [0.1, 0.15) is 0 Å². The van der Waals surface area contributed by atoms with Gasteiger partial charge in [-0.05, 0) is 87.5 Å². The second-order valence-electron chi connectivity index (χ2n) is 9.28. The molecule has 2 saturated carbocycles. The van der Waals surface area contributed by atoms with Crippen molar-refractivity contribution < 1.29 is 9.59 Å². The van der Waals surface area contributed by atoms with Gasteiger partial charge in [-0.25, -0.2) is 10.9 Å². The lowest BCUT2D eigenvalue weighted by molar-refractivity contribution is 0.0942. The Kier molecular flexibility index (Phi) is 9.44. The van der Waals surface area contributed by atoms with Crippen molar-refractivity contribution >= 4 is 23.2 Å². The third-order valence-electron chi connectivity index (χ3n) is 6.80. The fourth-order valence-corrected chi connectivity index (χ4v) is 4.80. The van der Waals surface area contributed by atoms with Crippen molar-refractivity contribution in [3.05, 3.63) is 35.4 Å². The Balaban J connectivity index is 1.45. The zero-order valence-corrected chi connectivity index (χ0v) is 19.7. The van der Waals surface area contributed by atoms with Crippen LogP contribution in [0.3, 0.4) is 0 Å². The summed E-state index contributed by atoms with van der Waals surface area (Å²) in [5, 5.41) is 8.66. The van der Waals surface area contributed by atoms with Gasteiger partial charge in [0.05, 0.1) is 0 Å². The number of carbonyl (C=O) groups excluding carboxylic acids is 2. The summed E-state index contributed by atoms with van der Waals surface area (Å²) in [6.45, 7) is 4.46. The molecule has 0 saturated heterocycles. The van der Waals surface area contributed by atoms with Gasteiger partial charge in [0.25, 0.3) is 11.8 Å². The van der Waals surface area contributed by atoms with Gasteiger partial charge in [-0.2, -0.15) is 10.2 Å². The van der Waals surface area contributed by atoms with Gasteiger partial charge < -0.3 is 0 Å². The molecule has 1 aromatic rings. The first kappa shape index (κ1) is 24.1. The molecule has 0 radical (unpaired) electrons. The number of amides is 2. The minimum absolute atomic E-state index is 0.246. The van der Waals surface area contributed by atoms with E-state index in [0.717, 1.165) is 74.6 Å². The van der Waals surface area contributed by atoms with Crippen LogP contribution in [0.5, 0.6) is 0 Å². The highest BCUT2D eigenvalue weighted by atomic mass is 16.2. The number of benzene rings is 1. The summed E-state index contributed by atoms with van der Waals surface area (Å²) in [5.74, 6) is 1.11. The monoisotopic (exact) mass is 438 g/mol. The molecule has 0 spiro atoms. The van der Waals surface area contributed by atoms with E-state index in [2.05, 4.69) is 34.9 Å². The van der Waals surface area contributed by atoms with Crippen LogP contribution in [0.1, 0.15) is 112 Å². The predicted molar refractivity (Wildman–Crippen MR) is 130 cm³/mol. The number of hydrogen-bond donors (Lipinski definition) is 2. The zero-order valence-electron chi connectivity index (χ0n) is 19.7. The molecule has 0 atom stereocenters. The van der Waals surface area contributed by atoms with Gasteiger partial charge in [-0.3, -0.25) is 9.59 Å². The molecule has 3 rings (SSSR count). The molecule has 2 N–H and O–H groups in total. The smallest absolute Gasteiger partial charge is 0.267 e. The summed E-state index contributed by atoms with van der Waals surface area (Å²) in [7, 11) is 0. The Morgan fingerprint density at radius 1 is 0.719 bits per heavy atom. The Bertz CT molecular complexity index is 740. The SMILES string of the molecule is CCCC1CCC(=NNC(=O)c2ccc(C(=O)NN=C3CCC(CCC)CC3)cc2)CC1. The van der Waals surface area contributed by atoms with Crippen molar-refractivity contribution in [1.29, 1.82) is 0 Å². The topological polar surface area (TPSA) is 82.9 Å². The maximum absolute atomic E-state index is 12.4. The first-order valence-corrected chi connectivity index (χ1v) is 12.4. The van der Waals surface area contributed by atoms with Crippen molar-refractivity contribution in [3.8, 4) is 0 Å². The zero-order chi connectivity index (χ0) is 22.8. The molecule has 0 aromatic heterocycles. The highest BCUT2D eigenvalue weighted by molar-refractivity contribution is 5.99. The maximum atomic E-state index is 12.4. The van der Waals surface area contributed by atoms with E-state index in [-0.39, 0.29) is 11.8 Å². The van der Waals surface area contributed by atoms with Gasteiger partial charge in [0.2, 0.25) is 0 Å². The third-order valence-corrected chi connectivity index (χ3v) is 6.80. The van der Waals surface area contributed by atoms with E-state index in [1.807, 2.05) is 0 Å². The molecular formula is C26H38N4O2. The fourth-order valence-electron chi connectivity index (χ4n) is 4.80. The van der Waals surface area contributed by atoms with Crippen LogP contribution in [0.4, 0.5) is 0 Å². The lowest BCUT2D eigenvalue weighted by Gasteiger charge is -2.22. The van der Waals surface area contributed by atoms with Gasteiger partial charge in [-0.15, -0.1) is 0 Å². The van der Waals surface area contributed by atoms with Gasteiger partial charge >= 0.3 is 0 Å². The molecule has 32 heavy (non-hydrogen) atoms. The minimum Gasteiger partial charge on any atom is -0.267 e. The first-order chi connectivity index (χ1) is 15.6. The quantitative estimate of drug-likeness (QED) is 0.500. The third kappa shape index (κ3) is 7.28. The van der Waals surface area contributed by atoms with Gasteiger partial charge in [0, 0.05) is 22.6 Å². The van der Waals surface area contributed by atoms with Crippen LogP contribution in [0.15, 0.2) is 34.5 Å². The maximum Gasteiger partial charge on any atom is 0.271 e. The van der Waals surface area contributed by atoms with Crippen LogP contribution < -0.4 is 10.9 Å². The largest absolute Gasteiger partial charge is 0.271 e. The lowest BCUT2D eigenvalue weighted by Crippen LogP contribution is -2.23. The van der Waals surface area contributed by atoms with Crippen molar-refractivity contribution in [2.75, 3.05) is 0 Å². The molecule has 0 heterocycles. The minimum atomic E-state index is -0.246. The molecule has 2 aliphatic rings. The highest BCUT2D eigenvalue weighted by Crippen LogP contribution is 2.26. The van der Waals surface area contributed by atoms with E-state index in [1.54, 1.807) is 24.3 Å².